The van der Waals surface area contributed by atoms with Gasteiger partial charge < -0.3 is 14.9 Å². The number of para-hydroxylation sites is 1. The van der Waals surface area contributed by atoms with E-state index in [1.54, 1.807) is 0 Å². The minimum Gasteiger partial charge on any atom is -0.481 e. The summed E-state index contributed by atoms with van der Waals surface area (Å²) in [5.74, 6) is -0.224. The molecular weight excluding hydrogens is 328 g/mol. The second kappa shape index (κ2) is 8.56. The van der Waals surface area contributed by atoms with Gasteiger partial charge in [0, 0.05) is 44.2 Å². The summed E-state index contributed by atoms with van der Waals surface area (Å²) < 4.78 is 0. The first kappa shape index (κ1) is 20.3. The molecule has 1 heterocycles. The Balaban J connectivity index is 2.03. The van der Waals surface area contributed by atoms with Crippen LogP contribution in [0, 0.1) is 17.3 Å². The van der Waals surface area contributed by atoms with Gasteiger partial charge in [0.1, 0.15) is 0 Å². The molecule has 2 unspecified atom stereocenters. The van der Waals surface area contributed by atoms with Crippen LogP contribution in [0.15, 0.2) is 30.3 Å². The number of anilines is 1. The van der Waals surface area contributed by atoms with Gasteiger partial charge in [-0.25, -0.2) is 0 Å². The third kappa shape index (κ3) is 5.48. The molecule has 0 aromatic heterocycles. The second-order valence-corrected chi connectivity index (χ2v) is 8.45. The van der Waals surface area contributed by atoms with Crippen LogP contribution in [0.1, 0.15) is 40.0 Å². The van der Waals surface area contributed by atoms with Crippen LogP contribution in [0.2, 0.25) is 0 Å². The molecule has 1 aliphatic rings. The summed E-state index contributed by atoms with van der Waals surface area (Å²) in [7, 11) is 2.06. The lowest BCUT2D eigenvalue weighted by molar-refractivity contribution is -0.143. The molecule has 0 bridgehead atoms. The van der Waals surface area contributed by atoms with E-state index in [1.165, 1.54) is 0 Å². The van der Waals surface area contributed by atoms with Crippen molar-refractivity contribution in [3.8, 4) is 0 Å². The summed E-state index contributed by atoms with van der Waals surface area (Å²) in [4.78, 5) is 28.0. The van der Waals surface area contributed by atoms with E-state index in [0.29, 0.717) is 13.1 Å². The summed E-state index contributed by atoms with van der Waals surface area (Å²) in [6.07, 6.45) is 1.85. The standard InChI is InChI=1S/C21H32N2O3/c1-21(2,3)20(26)23-13-11-16(14-19(24)25)17(15-23)10-12-22(4)18-8-6-5-7-9-18/h5-9,16-17H,10-15H2,1-4H3,(H,24,25). The average Bonchev–Trinajstić information content (AvgIpc) is 2.59. The van der Waals surface area contributed by atoms with Crippen molar-refractivity contribution in [3.63, 3.8) is 0 Å². The molecule has 0 aliphatic carbocycles. The molecule has 26 heavy (non-hydrogen) atoms. The first-order valence-corrected chi connectivity index (χ1v) is 9.46. The first-order valence-electron chi connectivity index (χ1n) is 9.46. The van der Waals surface area contributed by atoms with Gasteiger partial charge in [-0.3, -0.25) is 9.59 Å². The van der Waals surface area contributed by atoms with Crippen LogP contribution in [0.4, 0.5) is 5.69 Å². The molecule has 144 valence electrons. The van der Waals surface area contributed by atoms with E-state index in [-0.39, 0.29) is 24.2 Å². The molecule has 1 amide bonds. The van der Waals surface area contributed by atoms with Crippen molar-refractivity contribution in [2.24, 2.45) is 17.3 Å². The molecule has 0 spiro atoms. The normalized spacial score (nSPS) is 20.7. The van der Waals surface area contributed by atoms with Gasteiger partial charge in [0.15, 0.2) is 0 Å². The van der Waals surface area contributed by atoms with Crippen LogP contribution >= 0.6 is 0 Å². The van der Waals surface area contributed by atoms with Crippen LogP contribution in [-0.4, -0.2) is 48.6 Å². The van der Waals surface area contributed by atoms with Crippen molar-refractivity contribution in [1.82, 2.24) is 4.90 Å². The Morgan fingerprint density at radius 1 is 1.19 bits per heavy atom. The van der Waals surface area contributed by atoms with Gasteiger partial charge in [-0.1, -0.05) is 39.0 Å². The maximum absolute atomic E-state index is 12.7. The number of hydrogen-bond donors (Lipinski definition) is 1. The molecule has 5 heteroatoms. The SMILES string of the molecule is CN(CCC1CN(C(=O)C(C)(C)C)CCC1CC(=O)O)c1ccccc1. The van der Waals surface area contributed by atoms with Gasteiger partial charge in [0.2, 0.25) is 5.91 Å². The van der Waals surface area contributed by atoms with E-state index in [1.807, 2.05) is 43.9 Å². The molecule has 1 aromatic rings. The Kier molecular flexibility index (Phi) is 6.68. The van der Waals surface area contributed by atoms with Crippen LogP contribution < -0.4 is 4.90 Å². The fourth-order valence-corrected chi connectivity index (χ4v) is 3.73. The molecule has 1 N–H and O–H groups in total. The number of rotatable bonds is 6. The minimum absolute atomic E-state index is 0.140. The number of carbonyl (C=O) groups excluding carboxylic acids is 1. The number of likely N-dealkylation sites (tertiary alicyclic amines) is 1. The maximum atomic E-state index is 12.7. The van der Waals surface area contributed by atoms with E-state index in [4.69, 9.17) is 0 Å². The van der Waals surface area contributed by atoms with Gasteiger partial charge in [-0.2, -0.15) is 0 Å². The number of carboxylic acids is 1. The monoisotopic (exact) mass is 360 g/mol. The number of aliphatic carboxylic acids is 1. The number of carbonyl (C=O) groups is 2. The fourth-order valence-electron chi connectivity index (χ4n) is 3.73. The van der Waals surface area contributed by atoms with Crippen molar-refractivity contribution >= 4 is 17.6 Å². The van der Waals surface area contributed by atoms with Gasteiger partial charge in [0.25, 0.3) is 0 Å². The fraction of sp³-hybridized carbons (Fsp3) is 0.619. The summed E-state index contributed by atoms with van der Waals surface area (Å²) in [5, 5.41) is 9.25. The van der Waals surface area contributed by atoms with E-state index in [9.17, 15) is 14.7 Å². The Morgan fingerprint density at radius 3 is 2.42 bits per heavy atom. The average molecular weight is 360 g/mol. The Morgan fingerprint density at radius 2 is 1.85 bits per heavy atom. The molecule has 1 saturated heterocycles. The third-order valence-electron chi connectivity index (χ3n) is 5.29. The van der Waals surface area contributed by atoms with E-state index in [0.717, 1.165) is 25.1 Å². The Labute approximate surface area is 157 Å². The predicted octanol–water partition coefficient (Wildman–Crippen LogP) is 3.50. The number of amides is 1. The van der Waals surface area contributed by atoms with Crippen molar-refractivity contribution < 1.29 is 14.7 Å². The first-order chi connectivity index (χ1) is 12.2. The molecular formula is C21H32N2O3. The summed E-state index contributed by atoms with van der Waals surface area (Å²) >= 11 is 0. The molecule has 1 aliphatic heterocycles. The third-order valence-corrected chi connectivity index (χ3v) is 5.29. The maximum Gasteiger partial charge on any atom is 0.303 e. The van der Waals surface area contributed by atoms with Gasteiger partial charge in [-0.05, 0) is 36.8 Å². The minimum atomic E-state index is -0.744. The van der Waals surface area contributed by atoms with Crippen molar-refractivity contribution in [2.45, 2.75) is 40.0 Å². The molecule has 1 fully saturated rings. The number of hydrogen-bond acceptors (Lipinski definition) is 3. The lowest BCUT2D eigenvalue weighted by Gasteiger charge is -2.41. The largest absolute Gasteiger partial charge is 0.481 e. The van der Waals surface area contributed by atoms with Gasteiger partial charge in [-0.15, -0.1) is 0 Å². The molecule has 5 nitrogen and oxygen atoms in total. The van der Waals surface area contributed by atoms with Crippen LogP contribution in [0.25, 0.3) is 0 Å². The predicted molar refractivity (Wildman–Crippen MR) is 104 cm³/mol. The molecule has 2 rings (SSSR count). The molecule has 0 radical (unpaired) electrons. The number of benzene rings is 1. The van der Waals surface area contributed by atoms with Crippen molar-refractivity contribution in [2.75, 3.05) is 31.6 Å². The summed E-state index contributed by atoms with van der Waals surface area (Å²) in [6.45, 7) is 8.00. The van der Waals surface area contributed by atoms with Crippen LogP contribution in [0.3, 0.4) is 0 Å². The highest BCUT2D eigenvalue weighted by atomic mass is 16.4. The van der Waals surface area contributed by atoms with Crippen LogP contribution in [-0.2, 0) is 9.59 Å². The van der Waals surface area contributed by atoms with Gasteiger partial charge in [0.05, 0.1) is 0 Å². The zero-order valence-corrected chi connectivity index (χ0v) is 16.4. The summed E-state index contributed by atoms with van der Waals surface area (Å²) in [6, 6.07) is 10.2. The zero-order valence-electron chi connectivity index (χ0n) is 16.4. The molecule has 1 aromatic carbocycles. The van der Waals surface area contributed by atoms with Crippen molar-refractivity contribution in [1.29, 1.82) is 0 Å². The Hall–Kier alpha value is -2.04. The highest BCUT2D eigenvalue weighted by Gasteiger charge is 2.36. The van der Waals surface area contributed by atoms with Crippen LogP contribution in [0.5, 0.6) is 0 Å². The Bertz CT molecular complexity index is 609. The smallest absolute Gasteiger partial charge is 0.303 e. The highest BCUT2D eigenvalue weighted by Crippen LogP contribution is 2.32. The van der Waals surface area contributed by atoms with E-state index in [2.05, 4.69) is 24.1 Å². The van der Waals surface area contributed by atoms with Gasteiger partial charge >= 0.3 is 5.97 Å². The highest BCUT2D eigenvalue weighted by molar-refractivity contribution is 5.81. The molecule has 2 atom stereocenters. The topological polar surface area (TPSA) is 60.9 Å². The van der Waals surface area contributed by atoms with E-state index < -0.39 is 11.4 Å². The van der Waals surface area contributed by atoms with Crippen molar-refractivity contribution in [3.05, 3.63) is 30.3 Å². The lowest BCUT2D eigenvalue weighted by Crippen LogP contribution is -2.48. The second-order valence-electron chi connectivity index (χ2n) is 8.45. The quantitative estimate of drug-likeness (QED) is 0.843. The summed E-state index contributed by atoms with van der Waals surface area (Å²) in [5.41, 5.74) is 0.756. The number of nitrogens with zero attached hydrogens (tertiary/aromatic N) is 2. The number of piperidine rings is 1. The lowest BCUT2D eigenvalue weighted by atomic mass is 9.80. The zero-order chi connectivity index (χ0) is 19.3. The number of carboxylic acid groups (broad SMARTS) is 1. The molecule has 0 saturated carbocycles. The van der Waals surface area contributed by atoms with E-state index >= 15 is 0 Å².